The molecule has 3 nitrogen and oxygen atoms in total. The number of piperidine rings is 1. The number of ether oxygens (including phenoxy) is 1. The van der Waals surface area contributed by atoms with Gasteiger partial charge in [-0.1, -0.05) is 20.3 Å². The van der Waals surface area contributed by atoms with Crippen LogP contribution in [0.3, 0.4) is 0 Å². The summed E-state index contributed by atoms with van der Waals surface area (Å²) < 4.78 is 5.87. The molecule has 0 aromatic heterocycles. The Balaban J connectivity index is 1.95. The lowest BCUT2D eigenvalue weighted by Crippen LogP contribution is -2.52. The molecule has 0 aliphatic carbocycles. The van der Waals surface area contributed by atoms with Crippen molar-refractivity contribution in [2.75, 3.05) is 19.7 Å². The maximum Gasteiger partial charge on any atom is 0.0612 e. The third-order valence-electron chi connectivity index (χ3n) is 4.44. The molecule has 100 valence electrons. The first-order valence-electron chi connectivity index (χ1n) is 7.29. The van der Waals surface area contributed by atoms with Crippen molar-refractivity contribution in [2.24, 2.45) is 11.7 Å². The average molecular weight is 240 g/mol. The first-order chi connectivity index (χ1) is 8.22. The van der Waals surface area contributed by atoms with Crippen LogP contribution in [-0.2, 0) is 4.74 Å². The smallest absolute Gasteiger partial charge is 0.0612 e. The van der Waals surface area contributed by atoms with Gasteiger partial charge in [0, 0.05) is 25.2 Å². The van der Waals surface area contributed by atoms with Crippen LogP contribution in [0.4, 0.5) is 0 Å². The predicted octanol–water partition coefficient (Wildman–Crippen LogP) is 2.00. The highest BCUT2D eigenvalue weighted by Crippen LogP contribution is 2.28. The van der Waals surface area contributed by atoms with Gasteiger partial charge in [-0.2, -0.15) is 0 Å². The van der Waals surface area contributed by atoms with Crippen LogP contribution < -0.4 is 5.73 Å². The molecule has 2 aliphatic rings. The van der Waals surface area contributed by atoms with Gasteiger partial charge in [0.1, 0.15) is 0 Å². The number of nitrogens with two attached hydrogens (primary N) is 1. The van der Waals surface area contributed by atoms with Crippen LogP contribution in [0.25, 0.3) is 0 Å². The molecule has 2 heterocycles. The van der Waals surface area contributed by atoms with Crippen LogP contribution in [0.2, 0.25) is 0 Å². The van der Waals surface area contributed by atoms with E-state index in [-0.39, 0.29) is 0 Å². The summed E-state index contributed by atoms with van der Waals surface area (Å²) in [5.41, 5.74) is 5.92. The van der Waals surface area contributed by atoms with Gasteiger partial charge in [-0.05, 0) is 38.1 Å². The summed E-state index contributed by atoms with van der Waals surface area (Å²) in [6.07, 6.45) is 6.85. The van der Waals surface area contributed by atoms with Gasteiger partial charge in [0.05, 0.1) is 6.10 Å². The maximum atomic E-state index is 5.92. The summed E-state index contributed by atoms with van der Waals surface area (Å²) in [6, 6.07) is 1.34. The molecule has 17 heavy (non-hydrogen) atoms. The fraction of sp³-hybridized carbons (Fsp3) is 1.00. The van der Waals surface area contributed by atoms with Crippen LogP contribution in [0.1, 0.15) is 46.0 Å². The molecule has 0 saturated carbocycles. The Bertz CT molecular complexity index is 232. The molecule has 0 spiro atoms. The van der Waals surface area contributed by atoms with E-state index in [1.165, 1.54) is 38.6 Å². The summed E-state index contributed by atoms with van der Waals surface area (Å²) in [5, 5.41) is 0. The third-order valence-corrected chi connectivity index (χ3v) is 4.44. The second-order valence-corrected chi connectivity index (χ2v) is 5.95. The van der Waals surface area contributed by atoms with Crippen molar-refractivity contribution in [3.8, 4) is 0 Å². The van der Waals surface area contributed by atoms with E-state index >= 15 is 0 Å². The number of hydrogen-bond acceptors (Lipinski definition) is 3. The lowest BCUT2D eigenvalue weighted by Gasteiger charge is -2.44. The van der Waals surface area contributed by atoms with E-state index in [2.05, 4.69) is 18.7 Å². The molecular formula is C14H28N2O. The number of rotatable bonds is 3. The quantitative estimate of drug-likeness (QED) is 0.820. The van der Waals surface area contributed by atoms with Crippen LogP contribution in [0.5, 0.6) is 0 Å². The first kappa shape index (κ1) is 13.3. The van der Waals surface area contributed by atoms with Gasteiger partial charge < -0.3 is 10.5 Å². The average Bonchev–Trinajstić information content (AvgIpc) is 2.39. The van der Waals surface area contributed by atoms with Crippen LogP contribution in [-0.4, -0.2) is 42.8 Å². The Morgan fingerprint density at radius 1 is 1.29 bits per heavy atom. The van der Waals surface area contributed by atoms with E-state index in [4.69, 9.17) is 10.5 Å². The molecule has 0 aromatic carbocycles. The van der Waals surface area contributed by atoms with Gasteiger partial charge in [-0.3, -0.25) is 4.90 Å². The summed E-state index contributed by atoms with van der Waals surface area (Å²) in [7, 11) is 0. The lowest BCUT2D eigenvalue weighted by atomic mass is 9.91. The number of nitrogens with zero attached hydrogens (tertiary/aromatic N) is 1. The van der Waals surface area contributed by atoms with Gasteiger partial charge in [0.2, 0.25) is 0 Å². The van der Waals surface area contributed by atoms with E-state index in [0.717, 1.165) is 13.2 Å². The van der Waals surface area contributed by atoms with Crippen molar-refractivity contribution >= 4 is 0 Å². The fourth-order valence-corrected chi connectivity index (χ4v) is 3.33. The minimum atomic E-state index is 0.453. The minimum Gasteiger partial charge on any atom is -0.378 e. The third kappa shape index (κ3) is 3.21. The Labute approximate surface area is 106 Å². The zero-order chi connectivity index (χ0) is 12.3. The molecule has 3 unspecified atom stereocenters. The van der Waals surface area contributed by atoms with Gasteiger partial charge in [-0.25, -0.2) is 0 Å². The monoisotopic (exact) mass is 240 g/mol. The maximum absolute atomic E-state index is 5.92. The van der Waals surface area contributed by atoms with E-state index in [0.29, 0.717) is 24.1 Å². The second kappa shape index (κ2) is 6.17. The molecule has 2 fully saturated rings. The van der Waals surface area contributed by atoms with Crippen molar-refractivity contribution in [1.82, 2.24) is 4.90 Å². The van der Waals surface area contributed by atoms with Gasteiger partial charge >= 0.3 is 0 Å². The highest BCUT2D eigenvalue weighted by atomic mass is 16.5. The van der Waals surface area contributed by atoms with E-state index in [1.54, 1.807) is 0 Å². The summed E-state index contributed by atoms with van der Waals surface area (Å²) in [6.45, 7) is 7.54. The molecule has 0 bridgehead atoms. The number of likely N-dealkylation sites (tertiary alicyclic amines) is 1. The normalized spacial score (nSPS) is 36.4. The molecule has 0 amide bonds. The van der Waals surface area contributed by atoms with Crippen molar-refractivity contribution < 1.29 is 4.74 Å². The Morgan fingerprint density at radius 3 is 2.82 bits per heavy atom. The van der Waals surface area contributed by atoms with E-state index < -0.39 is 0 Å². The topological polar surface area (TPSA) is 38.5 Å². The Hall–Kier alpha value is -0.120. The number of hydrogen-bond donors (Lipinski definition) is 1. The highest BCUT2D eigenvalue weighted by Gasteiger charge is 2.33. The molecule has 3 heteroatoms. The Morgan fingerprint density at radius 2 is 2.12 bits per heavy atom. The summed E-state index contributed by atoms with van der Waals surface area (Å²) in [5.74, 6) is 0.638. The van der Waals surface area contributed by atoms with E-state index in [9.17, 15) is 0 Å². The van der Waals surface area contributed by atoms with Crippen molar-refractivity contribution in [3.05, 3.63) is 0 Å². The molecule has 2 N–H and O–H groups in total. The second-order valence-electron chi connectivity index (χ2n) is 5.95. The fourth-order valence-electron chi connectivity index (χ4n) is 3.33. The van der Waals surface area contributed by atoms with Gasteiger partial charge in [0.25, 0.3) is 0 Å². The van der Waals surface area contributed by atoms with Crippen molar-refractivity contribution in [2.45, 2.75) is 64.1 Å². The van der Waals surface area contributed by atoms with E-state index in [1.807, 2.05) is 0 Å². The van der Waals surface area contributed by atoms with Gasteiger partial charge in [-0.15, -0.1) is 0 Å². The lowest BCUT2D eigenvalue weighted by molar-refractivity contribution is -0.0603. The zero-order valence-corrected chi connectivity index (χ0v) is 11.4. The van der Waals surface area contributed by atoms with Gasteiger partial charge in [0.15, 0.2) is 0 Å². The molecule has 2 saturated heterocycles. The predicted molar refractivity (Wildman–Crippen MR) is 71.0 cm³/mol. The zero-order valence-electron chi connectivity index (χ0n) is 11.4. The molecule has 3 atom stereocenters. The van der Waals surface area contributed by atoms with Crippen molar-refractivity contribution in [3.63, 3.8) is 0 Å². The molecule has 2 aliphatic heterocycles. The SMILES string of the molecule is CC(C)C1CC(N2CCCCC2CN)CCO1. The largest absolute Gasteiger partial charge is 0.378 e. The minimum absolute atomic E-state index is 0.453. The standard InChI is InChI=1S/C14H28N2O/c1-11(2)14-9-12(6-8-17-14)16-7-4-3-5-13(16)10-15/h11-14H,3-10,15H2,1-2H3. The molecular weight excluding hydrogens is 212 g/mol. The first-order valence-corrected chi connectivity index (χ1v) is 7.29. The summed E-state index contributed by atoms with van der Waals surface area (Å²) >= 11 is 0. The van der Waals surface area contributed by atoms with Crippen LogP contribution in [0, 0.1) is 5.92 Å². The molecule has 2 rings (SSSR count). The van der Waals surface area contributed by atoms with Crippen LogP contribution in [0.15, 0.2) is 0 Å². The molecule has 0 radical (unpaired) electrons. The Kier molecular flexibility index (Phi) is 4.83. The highest BCUT2D eigenvalue weighted by molar-refractivity contribution is 4.87. The summed E-state index contributed by atoms with van der Waals surface area (Å²) in [4.78, 5) is 2.68. The van der Waals surface area contributed by atoms with Crippen LogP contribution >= 0.6 is 0 Å². The molecule has 0 aromatic rings. The van der Waals surface area contributed by atoms with Crippen molar-refractivity contribution in [1.29, 1.82) is 0 Å².